The van der Waals surface area contributed by atoms with Crippen LogP contribution in [-0.4, -0.2) is 0 Å². The van der Waals surface area contributed by atoms with Gasteiger partial charge < -0.3 is 10.2 Å². The first-order valence-corrected chi connectivity index (χ1v) is 4.30. The zero-order valence-corrected chi connectivity index (χ0v) is 7.48. The molecule has 0 amide bonds. The van der Waals surface area contributed by atoms with E-state index in [1.165, 1.54) is 12.1 Å². The van der Waals surface area contributed by atoms with Crippen LogP contribution in [0.1, 0.15) is 17.2 Å². The number of hydrogen-bond acceptors (Lipinski definition) is 2. The molecule has 0 aliphatic heterocycles. The molecule has 72 valence electrons. The largest absolute Gasteiger partial charge is 0.472 e. The Labute approximate surface area is 81.2 Å². The van der Waals surface area contributed by atoms with Crippen molar-refractivity contribution in [1.29, 1.82) is 0 Å². The standard InChI is InChI=1S/C11H10FNO/c12-10-3-1-8(2-4-10)11(13)9-5-6-14-7-9/h1-7,11H,13H2. The average Bonchev–Trinajstić information content (AvgIpc) is 2.71. The normalized spacial score (nSPS) is 12.7. The second-order valence-electron chi connectivity index (χ2n) is 3.09. The van der Waals surface area contributed by atoms with Gasteiger partial charge in [-0.05, 0) is 23.8 Å². The molecule has 0 bridgehead atoms. The van der Waals surface area contributed by atoms with Crippen molar-refractivity contribution in [2.24, 2.45) is 5.73 Å². The van der Waals surface area contributed by atoms with Gasteiger partial charge in [0.05, 0.1) is 18.6 Å². The molecule has 1 aromatic heterocycles. The molecule has 0 aliphatic rings. The van der Waals surface area contributed by atoms with Gasteiger partial charge in [-0.1, -0.05) is 12.1 Å². The van der Waals surface area contributed by atoms with Crippen LogP contribution in [0.5, 0.6) is 0 Å². The summed E-state index contributed by atoms with van der Waals surface area (Å²) >= 11 is 0. The van der Waals surface area contributed by atoms with Crippen LogP contribution in [0.4, 0.5) is 4.39 Å². The Morgan fingerprint density at radius 2 is 1.79 bits per heavy atom. The van der Waals surface area contributed by atoms with Gasteiger partial charge in [0.15, 0.2) is 0 Å². The quantitative estimate of drug-likeness (QED) is 0.791. The smallest absolute Gasteiger partial charge is 0.123 e. The third kappa shape index (κ3) is 1.67. The maximum Gasteiger partial charge on any atom is 0.123 e. The minimum absolute atomic E-state index is 0.255. The predicted molar refractivity (Wildman–Crippen MR) is 51.1 cm³/mol. The van der Waals surface area contributed by atoms with Gasteiger partial charge in [-0.25, -0.2) is 4.39 Å². The van der Waals surface area contributed by atoms with Crippen LogP contribution < -0.4 is 5.73 Å². The van der Waals surface area contributed by atoms with E-state index in [-0.39, 0.29) is 11.9 Å². The number of rotatable bonds is 2. The highest BCUT2D eigenvalue weighted by atomic mass is 19.1. The third-order valence-electron chi connectivity index (χ3n) is 2.13. The van der Waals surface area contributed by atoms with Gasteiger partial charge >= 0.3 is 0 Å². The van der Waals surface area contributed by atoms with E-state index in [0.29, 0.717) is 0 Å². The summed E-state index contributed by atoms with van der Waals surface area (Å²) in [5.74, 6) is -0.256. The van der Waals surface area contributed by atoms with Gasteiger partial charge in [0.25, 0.3) is 0 Å². The molecule has 2 rings (SSSR count). The van der Waals surface area contributed by atoms with Gasteiger partial charge in [-0.15, -0.1) is 0 Å². The number of nitrogens with two attached hydrogens (primary N) is 1. The highest BCUT2D eigenvalue weighted by molar-refractivity contribution is 5.28. The van der Waals surface area contributed by atoms with Crippen molar-refractivity contribution < 1.29 is 8.81 Å². The zero-order chi connectivity index (χ0) is 9.97. The molecule has 2 nitrogen and oxygen atoms in total. The monoisotopic (exact) mass is 191 g/mol. The summed E-state index contributed by atoms with van der Waals surface area (Å²) in [6, 6.07) is 7.69. The fourth-order valence-corrected chi connectivity index (χ4v) is 1.31. The van der Waals surface area contributed by atoms with E-state index in [0.717, 1.165) is 11.1 Å². The van der Waals surface area contributed by atoms with Crippen LogP contribution in [0.15, 0.2) is 47.3 Å². The van der Waals surface area contributed by atoms with Gasteiger partial charge in [0.2, 0.25) is 0 Å². The Balaban J connectivity index is 2.28. The molecule has 0 aliphatic carbocycles. The Kier molecular flexibility index (Phi) is 2.33. The van der Waals surface area contributed by atoms with Crippen LogP contribution in [0, 0.1) is 5.82 Å². The number of hydrogen-bond donors (Lipinski definition) is 1. The van der Waals surface area contributed by atoms with Crippen molar-refractivity contribution in [1.82, 2.24) is 0 Å². The van der Waals surface area contributed by atoms with E-state index >= 15 is 0 Å². The molecule has 1 heterocycles. The van der Waals surface area contributed by atoms with Crippen molar-refractivity contribution in [2.45, 2.75) is 6.04 Å². The van der Waals surface area contributed by atoms with Crippen molar-refractivity contribution in [3.63, 3.8) is 0 Å². The minimum Gasteiger partial charge on any atom is -0.472 e. The van der Waals surface area contributed by atoms with Crippen LogP contribution >= 0.6 is 0 Å². The van der Waals surface area contributed by atoms with Gasteiger partial charge in [-0.3, -0.25) is 0 Å². The van der Waals surface area contributed by atoms with E-state index in [2.05, 4.69) is 0 Å². The molecule has 1 atom stereocenters. The molecular weight excluding hydrogens is 181 g/mol. The van der Waals surface area contributed by atoms with E-state index in [1.807, 2.05) is 0 Å². The molecule has 14 heavy (non-hydrogen) atoms. The lowest BCUT2D eigenvalue weighted by molar-refractivity contribution is 0.562. The maximum absolute atomic E-state index is 12.6. The van der Waals surface area contributed by atoms with Gasteiger partial charge in [0, 0.05) is 5.56 Å². The van der Waals surface area contributed by atoms with Crippen molar-refractivity contribution >= 4 is 0 Å². The Bertz CT molecular complexity index is 394. The average molecular weight is 191 g/mol. The number of furan rings is 1. The lowest BCUT2D eigenvalue weighted by atomic mass is 10.0. The second kappa shape index (κ2) is 3.64. The summed E-state index contributed by atoms with van der Waals surface area (Å²) in [6.45, 7) is 0. The van der Waals surface area contributed by atoms with Crippen molar-refractivity contribution in [3.8, 4) is 0 Å². The fraction of sp³-hybridized carbons (Fsp3) is 0.0909. The van der Waals surface area contributed by atoms with Crippen LogP contribution in [0.3, 0.4) is 0 Å². The zero-order valence-electron chi connectivity index (χ0n) is 7.48. The van der Waals surface area contributed by atoms with Crippen LogP contribution in [-0.2, 0) is 0 Å². The molecule has 1 aromatic carbocycles. The summed E-state index contributed by atoms with van der Waals surface area (Å²) in [5, 5.41) is 0. The Morgan fingerprint density at radius 1 is 1.07 bits per heavy atom. The highest BCUT2D eigenvalue weighted by Crippen LogP contribution is 2.19. The molecule has 0 saturated carbocycles. The molecule has 0 fully saturated rings. The summed E-state index contributed by atoms with van der Waals surface area (Å²) in [7, 11) is 0. The summed E-state index contributed by atoms with van der Waals surface area (Å²) < 4.78 is 17.6. The first-order chi connectivity index (χ1) is 6.77. The lowest BCUT2D eigenvalue weighted by Gasteiger charge is -2.08. The van der Waals surface area contributed by atoms with Crippen molar-refractivity contribution in [2.75, 3.05) is 0 Å². The number of halogens is 1. The fourth-order valence-electron chi connectivity index (χ4n) is 1.31. The van der Waals surface area contributed by atoms with E-state index in [1.54, 1.807) is 30.7 Å². The topological polar surface area (TPSA) is 39.2 Å². The second-order valence-corrected chi connectivity index (χ2v) is 3.09. The van der Waals surface area contributed by atoms with Crippen molar-refractivity contribution in [3.05, 3.63) is 59.8 Å². The highest BCUT2D eigenvalue weighted by Gasteiger charge is 2.09. The molecule has 0 spiro atoms. The molecular formula is C11H10FNO. The summed E-state index contributed by atoms with van der Waals surface area (Å²) in [5.41, 5.74) is 7.68. The molecule has 0 saturated heterocycles. The third-order valence-corrected chi connectivity index (χ3v) is 2.13. The first-order valence-electron chi connectivity index (χ1n) is 4.30. The van der Waals surface area contributed by atoms with E-state index < -0.39 is 0 Å². The molecule has 3 heteroatoms. The first kappa shape index (κ1) is 8.97. The summed E-state index contributed by atoms with van der Waals surface area (Å²) in [4.78, 5) is 0. The Hall–Kier alpha value is -1.61. The Morgan fingerprint density at radius 3 is 2.36 bits per heavy atom. The van der Waals surface area contributed by atoms with E-state index in [9.17, 15) is 4.39 Å². The predicted octanol–water partition coefficient (Wildman–Crippen LogP) is 2.47. The lowest BCUT2D eigenvalue weighted by Crippen LogP contribution is -2.10. The summed E-state index contributed by atoms with van der Waals surface area (Å²) in [6.07, 6.45) is 3.16. The molecule has 0 radical (unpaired) electrons. The molecule has 2 aromatic rings. The van der Waals surface area contributed by atoms with E-state index in [4.69, 9.17) is 10.2 Å². The SMILES string of the molecule is NC(c1ccc(F)cc1)c1ccoc1. The molecule has 1 unspecified atom stereocenters. The minimum atomic E-state index is -0.256. The van der Waals surface area contributed by atoms with Crippen LogP contribution in [0.2, 0.25) is 0 Å². The van der Waals surface area contributed by atoms with Gasteiger partial charge in [-0.2, -0.15) is 0 Å². The number of benzene rings is 1. The van der Waals surface area contributed by atoms with Gasteiger partial charge in [0.1, 0.15) is 5.82 Å². The van der Waals surface area contributed by atoms with Crippen LogP contribution in [0.25, 0.3) is 0 Å². The maximum atomic E-state index is 12.6. The molecule has 2 N–H and O–H groups in total.